The summed E-state index contributed by atoms with van der Waals surface area (Å²) in [5.41, 5.74) is 2.55. The second-order valence-electron chi connectivity index (χ2n) is 7.56. The first-order valence-electron chi connectivity index (χ1n) is 10.3. The van der Waals surface area contributed by atoms with Gasteiger partial charge in [0, 0.05) is 25.5 Å². The van der Waals surface area contributed by atoms with Crippen molar-refractivity contribution in [1.29, 1.82) is 0 Å². The summed E-state index contributed by atoms with van der Waals surface area (Å²) in [5.74, 6) is 0.0685. The van der Waals surface area contributed by atoms with Gasteiger partial charge in [0.15, 0.2) is 5.82 Å². The molecular formula is C23H26N4O3. The number of aryl methyl sites for hydroxylation is 1. The van der Waals surface area contributed by atoms with E-state index in [1.165, 1.54) is 0 Å². The summed E-state index contributed by atoms with van der Waals surface area (Å²) < 4.78 is 8.84. The van der Waals surface area contributed by atoms with Crippen LogP contribution in [0.1, 0.15) is 35.7 Å². The van der Waals surface area contributed by atoms with Gasteiger partial charge in [0.05, 0.1) is 24.4 Å². The largest absolute Gasteiger partial charge is 0.466 e. The molecule has 0 bridgehead atoms. The second kappa shape index (κ2) is 8.57. The number of aromatic nitrogens is 3. The second-order valence-corrected chi connectivity index (χ2v) is 7.56. The van der Waals surface area contributed by atoms with Crippen LogP contribution in [0.4, 0.5) is 0 Å². The zero-order valence-electron chi connectivity index (χ0n) is 17.3. The first kappa shape index (κ1) is 19.9. The summed E-state index contributed by atoms with van der Waals surface area (Å²) in [6.45, 7) is 5.18. The van der Waals surface area contributed by atoms with Crippen molar-refractivity contribution in [1.82, 2.24) is 19.2 Å². The molecule has 1 saturated heterocycles. The van der Waals surface area contributed by atoms with E-state index in [9.17, 15) is 9.59 Å². The molecule has 0 aliphatic carbocycles. The molecule has 0 N–H and O–H groups in total. The van der Waals surface area contributed by atoms with Gasteiger partial charge in [-0.3, -0.25) is 9.59 Å². The summed E-state index contributed by atoms with van der Waals surface area (Å²) in [5, 5.41) is 4.53. The Kier molecular flexibility index (Phi) is 5.70. The number of rotatable bonds is 5. The number of hydrogen-bond donors (Lipinski definition) is 0. The fraction of sp³-hybridized carbons (Fsp3) is 0.348. The predicted molar refractivity (Wildman–Crippen MR) is 113 cm³/mol. The fourth-order valence-corrected chi connectivity index (χ4v) is 3.88. The number of nitrogens with zero attached hydrogens (tertiary/aromatic N) is 4. The van der Waals surface area contributed by atoms with E-state index in [0.29, 0.717) is 31.1 Å². The molecule has 4 rings (SSSR count). The van der Waals surface area contributed by atoms with Gasteiger partial charge in [0.1, 0.15) is 5.56 Å². The van der Waals surface area contributed by atoms with Crippen LogP contribution in [0.15, 0.2) is 55.0 Å². The third kappa shape index (κ3) is 3.87. The zero-order chi connectivity index (χ0) is 21.1. The molecule has 1 aliphatic heterocycles. The maximum Gasteiger partial charge on any atom is 0.310 e. The van der Waals surface area contributed by atoms with Crippen LogP contribution in [0.5, 0.6) is 0 Å². The first-order valence-corrected chi connectivity index (χ1v) is 10.3. The van der Waals surface area contributed by atoms with E-state index < -0.39 is 0 Å². The Balaban J connectivity index is 1.68. The Bertz CT molecular complexity index is 1020. The highest BCUT2D eigenvalue weighted by Crippen LogP contribution is 2.25. The lowest BCUT2D eigenvalue weighted by Crippen LogP contribution is -2.43. The standard InChI is InChI=1S/C23H26N4O3/c1-3-30-23(29)18-7-6-14-26(16-18)22(28)20-15-24-27(19-10-8-17(2)9-11-19)21(20)25-12-4-5-13-25/h4-5,8-13,15,18H,3,6-7,14,16H2,1-2H3/t18-/m0/s1. The van der Waals surface area contributed by atoms with Crippen LogP contribution < -0.4 is 0 Å². The van der Waals surface area contributed by atoms with Gasteiger partial charge in [0.2, 0.25) is 0 Å². The Morgan fingerprint density at radius 2 is 1.90 bits per heavy atom. The van der Waals surface area contributed by atoms with E-state index in [1.54, 1.807) is 22.7 Å². The fourth-order valence-electron chi connectivity index (χ4n) is 3.88. The van der Waals surface area contributed by atoms with Gasteiger partial charge in [-0.15, -0.1) is 0 Å². The lowest BCUT2D eigenvalue weighted by atomic mass is 9.97. The number of benzene rings is 1. The molecule has 1 aromatic carbocycles. The monoisotopic (exact) mass is 406 g/mol. The van der Waals surface area contributed by atoms with Gasteiger partial charge in [-0.25, -0.2) is 4.68 Å². The third-order valence-corrected chi connectivity index (χ3v) is 5.43. The zero-order valence-corrected chi connectivity index (χ0v) is 17.3. The minimum atomic E-state index is -0.273. The number of piperidine rings is 1. The van der Waals surface area contributed by atoms with Crippen LogP contribution in [-0.4, -0.2) is 50.8 Å². The van der Waals surface area contributed by atoms with Gasteiger partial charge in [-0.2, -0.15) is 5.10 Å². The smallest absolute Gasteiger partial charge is 0.310 e. The molecular weight excluding hydrogens is 380 g/mol. The van der Waals surface area contributed by atoms with Crippen molar-refractivity contribution < 1.29 is 14.3 Å². The summed E-state index contributed by atoms with van der Waals surface area (Å²) in [6.07, 6.45) is 6.94. The molecule has 156 valence electrons. The SMILES string of the molecule is CCOC(=O)[C@H]1CCCN(C(=O)c2cnn(-c3ccc(C)cc3)c2-n2cccc2)C1. The van der Waals surface area contributed by atoms with Crippen molar-refractivity contribution in [3.8, 4) is 11.5 Å². The maximum atomic E-state index is 13.4. The van der Waals surface area contributed by atoms with Crippen LogP contribution in [0.2, 0.25) is 0 Å². The summed E-state index contributed by atoms with van der Waals surface area (Å²) >= 11 is 0. The molecule has 3 heterocycles. The molecule has 0 radical (unpaired) electrons. The Morgan fingerprint density at radius 1 is 1.17 bits per heavy atom. The Labute approximate surface area is 175 Å². The van der Waals surface area contributed by atoms with Crippen LogP contribution in [0.3, 0.4) is 0 Å². The number of esters is 1. The number of hydrogen-bond acceptors (Lipinski definition) is 4. The Hall–Kier alpha value is -3.35. The van der Waals surface area contributed by atoms with E-state index in [0.717, 1.165) is 24.1 Å². The molecule has 1 atom stereocenters. The van der Waals surface area contributed by atoms with Crippen molar-refractivity contribution in [3.63, 3.8) is 0 Å². The maximum absolute atomic E-state index is 13.4. The third-order valence-electron chi connectivity index (χ3n) is 5.43. The molecule has 0 unspecified atom stereocenters. The lowest BCUT2D eigenvalue weighted by Gasteiger charge is -2.31. The molecule has 1 amide bonds. The summed E-state index contributed by atoms with van der Waals surface area (Å²) in [4.78, 5) is 27.4. The Morgan fingerprint density at radius 3 is 2.60 bits per heavy atom. The number of likely N-dealkylation sites (tertiary alicyclic amines) is 1. The number of ether oxygens (including phenoxy) is 1. The van der Waals surface area contributed by atoms with Crippen LogP contribution in [-0.2, 0) is 9.53 Å². The molecule has 0 saturated carbocycles. The molecule has 30 heavy (non-hydrogen) atoms. The summed E-state index contributed by atoms with van der Waals surface area (Å²) in [7, 11) is 0. The van der Waals surface area contributed by atoms with Crippen LogP contribution in [0, 0.1) is 12.8 Å². The normalized spacial score (nSPS) is 16.5. The number of amides is 1. The van der Waals surface area contributed by atoms with E-state index >= 15 is 0 Å². The highest BCUT2D eigenvalue weighted by molar-refractivity contribution is 5.97. The van der Waals surface area contributed by atoms with Crippen molar-refractivity contribution in [2.45, 2.75) is 26.7 Å². The first-order chi connectivity index (χ1) is 14.6. The van der Waals surface area contributed by atoms with Crippen LogP contribution >= 0.6 is 0 Å². The quantitative estimate of drug-likeness (QED) is 0.609. The topological polar surface area (TPSA) is 69.4 Å². The molecule has 0 spiro atoms. The minimum Gasteiger partial charge on any atom is -0.466 e. The molecule has 1 aliphatic rings. The van der Waals surface area contributed by atoms with Gasteiger partial charge in [-0.05, 0) is 51.0 Å². The van der Waals surface area contributed by atoms with Crippen molar-refractivity contribution >= 4 is 11.9 Å². The van der Waals surface area contributed by atoms with Crippen molar-refractivity contribution in [3.05, 3.63) is 66.1 Å². The molecule has 3 aromatic rings. The molecule has 7 nitrogen and oxygen atoms in total. The average molecular weight is 406 g/mol. The van der Waals surface area contributed by atoms with Gasteiger partial charge < -0.3 is 14.2 Å². The minimum absolute atomic E-state index is 0.119. The average Bonchev–Trinajstić information content (AvgIpc) is 3.44. The highest BCUT2D eigenvalue weighted by Gasteiger charge is 2.32. The molecule has 1 fully saturated rings. The van der Waals surface area contributed by atoms with Crippen LogP contribution in [0.25, 0.3) is 11.5 Å². The van der Waals surface area contributed by atoms with E-state index in [1.807, 2.05) is 60.3 Å². The predicted octanol–water partition coefficient (Wildman–Crippen LogP) is 3.39. The van der Waals surface area contributed by atoms with Crippen molar-refractivity contribution in [2.75, 3.05) is 19.7 Å². The van der Waals surface area contributed by atoms with Gasteiger partial charge >= 0.3 is 5.97 Å². The summed E-state index contributed by atoms with van der Waals surface area (Å²) in [6, 6.07) is 11.8. The van der Waals surface area contributed by atoms with E-state index in [4.69, 9.17) is 4.74 Å². The van der Waals surface area contributed by atoms with Crippen molar-refractivity contribution in [2.24, 2.45) is 5.92 Å². The van der Waals surface area contributed by atoms with Gasteiger partial charge in [-0.1, -0.05) is 17.7 Å². The van der Waals surface area contributed by atoms with E-state index in [2.05, 4.69) is 5.10 Å². The lowest BCUT2D eigenvalue weighted by molar-refractivity contribution is -0.149. The molecule has 2 aromatic heterocycles. The molecule has 7 heteroatoms. The number of carbonyl (C=O) groups excluding carboxylic acids is 2. The van der Waals surface area contributed by atoms with Gasteiger partial charge in [0.25, 0.3) is 5.91 Å². The van der Waals surface area contributed by atoms with E-state index in [-0.39, 0.29) is 17.8 Å². The highest BCUT2D eigenvalue weighted by atomic mass is 16.5. The number of carbonyl (C=O) groups is 2.